The lowest BCUT2D eigenvalue weighted by atomic mass is 9.80. The number of carbonyl (C=O) groups excluding carboxylic acids is 4. The topological polar surface area (TPSA) is 92.8 Å². The molecular formula is C21H22Cl2N2O5. The van der Waals surface area contributed by atoms with E-state index in [1.54, 1.807) is 6.07 Å². The predicted octanol–water partition coefficient (Wildman–Crippen LogP) is 2.25. The molecule has 3 aliphatic rings. The van der Waals surface area contributed by atoms with E-state index in [0.29, 0.717) is 12.1 Å². The lowest BCUT2D eigenvalue weighted by Gasteiger charge is -2.28. The minimum Gasteiger partial charge on any atom is -0.454 e. The molecule has 6 atom stereocenters. The average Bonchev–Trinajstić information content (AvgIpc) is 3.30. The van der Waals surface area contributed by atoms with Gasteiger partial charge in [-0.25, -0.2) is 0 Å². The molecule has 1 aromatic carbocycles. The van der Waals surface area contributed by atoms with Crippen molar-refractivity contribution in [3.8, 4) is 0 Å². The van der Waals surface area contributed by atoms with Gasteiger partial charge in [0.1, 0.15) is 6.54 Å². The lowest BCUT2D eigenvalue weighted by molar-refractivity contribution is -0.154. The average molecular weight is 453 g/mol. The summed E-state index contributed by atoms with van der Waals surface area (Å²) >= 11 is 12.6. The van der Waals surface area contributed by atoms with Gasteiger partial charge in [0.15, 0.2) is 6.61 Å². The van der Waals surface area contributed by atoms with Crippen molar-refractivity contribution in [2.45, 2.75) is 31.0 Å². The first-order valence-electron chi connectivity index (χ1n) is 9.85. The third-order valence-corrected chi connectivity index (χ3v) is 7.84. The first-order chi connectivity index (χ1) is 14.2. The molecule has 0 unspecified atom stereocenters. The Labute approximate surface area is 184 Å². The van der Waals surface area contributed by atoms with E-state index >= 15 is 0 Å². The Hall–Kier alpha value is -2.12. The SMILES string of the molecule is Cc1ccc(NC(=O)COC(=O)CN2C(=O)[C@@H]3[C@H]4C[C@@H]([C@H](Cl)[C@H]4Cl)[C@H]3C2=O)cc1C. The number of hydrogen-bond acceptors (Lipinski definition) is 5. The van der Waals surface area contributed by atoms with Crippen molar-refractivity contribution in [2.75, 3.05) is 18.5 Å². The third kappa shape index (κ3) is 3.48. The van der Waals surface area contributed by atoms with Gasteiger partial charge in [0, 0.05) is 5.69 Å². The molecule has 0 spiro atoms. The first-order valence-corrected chi connectivity index (χ1v) is 10.7. The molecule has 1 aromatic rings. The highest BCUT2D eigenvalue weighted by Gasteiger charge is 2.66. The number of anilines is 1. The number of likely N-dealkylation sites (tertiary alicyclic amines) is 1. The predicted molar refractivity (Wildman–Crippen MR) is 110 cm³/mol. The van der Waals surface area contributed by atoms with Crippen molar-refractivity contribution in [1.82, 2.24) is 4.90 Å². The van der Waals surface area contributed by atoms with E-state index in [4.69, 9.17) is 27.9 Å². The van der Waals surface area contributed by atoms with Crippen LogP contribution in [0.2, 0.25) is 0 Å². The van der Waals surface area contributed by atoms with Gasteiger partial charge >= 0.3 is 5.97 Å². The Morgan fingerprint density at radius 3 is 2.23 bits per heavy atom. The van der Waals surface area contributed by atoms with Crippen LogP contribution in [0.5, 0.6) is 0 Å². The molecule has 0 radical (unpaired) electrons. The molecule has 4 rings (SSSR count). The van der Waals surface area contributed by atoms with Crippen molar-refractivity contribution in [3.05, 3.63) is 29.3 Å². The number of carbonyl (C=O) groups is 4. The Bertz CT molecular complexity index is 904. The van der Waals surface area contributed by atoms with Crippen molar-refractivity contribution < 1.29 is 23.9 Å². The fourth-order valence-corrected chi connectivity index (χ4v) is 5.80. The summed E-state index contributed by atoms with van der Waals surface area (Å²) in [6, 6.07) is 5.45. The molecule has 2 aliphatic carbocycles. The van der Waals surface area contributed by atoms with Crippen LogP contribution in [-0.4, -0.2) is 52.5 Å². The smallest absolute Gasteiger partial charge is 0.326 e. The number of ether oxygens (including phenoxy) is 1. The molecule has 9 heteroatoms. The van der Waals surface area contributed by atoms with Crippen LogP contribution in [0.3, 0.4) is 0 Å². The van der Waals surface area contributed by atoms with E-state index in [-0.39, 0.29) is 22.6 Å². The number of rotatable bonds is 5. The van der Waals surface area contributed by atoms with Crippen LogP contribution in [0.4, 0.5) is 5.69 Å². The molecule has 160 valence electrons. The Kier molecular flexibility index (Phi) is 5.53. The highest BCUT2D eigenvalue weighted by atomic mass is 35.5. The van der Waals surface area contributed by atoms with Crippen LogP contribution >= 0.6 is 23.2 Å². The minimum absolute atomic E-state index is 0.148. The molecule has 1 heterocycles. The van der Waals surface area contributed by atoms with Gasteiger partial charge < -0.3 is 10.1 Å². The number of amides is 3. The van der Waals surface area contributed by atoms with Crippen LogP contribution in [0, 0.1) is 37.5 Å². The molecule has 3 amide bonds. The molecule has 2 bridgehead atoms. The van der Waals surface area contributed by atoms with Gasteiger partial charge in [-0.3, -0.25) is 24.1 Å². The number of nitrogens with zero attached hydrogens (tertiary/aromatic N) is 1. The molecule has 7 nitrogen and oxygen atoms in total. The molecule has 1 saturated heterocycles. The molecule has 0 aromatic heterocycles. The zero-order valence-electron chi connectivity index (χ0n) is 16.6. The summed E-state index contributed by atoms with van der Waals surface area (Å²) in [6.45, 7) is 2.87. The summed E-state index contributed by atoms with van der Waals surface area (Å²) < 4.78 is 4.97. The fourth-order valence-electron chi connectivity index (χ4n) is 4.90. The van der Waals surface area contributed by atoms with Crippen molar-refractivity contribution in [3.63, 3.8) is 0 Å². The van der Waals surface area contributed by atoms with E-state index in [1.807, 2.05) is 26.0 Å². The summed E-state index contributed by atoms with van der Waals surface area (Å²) in [4.78, 5) is 50.6. The van der Waals surface area contributed by atoms with Gasteiger partial charge in [-0.2, -0.15) is 0 Å². The van der Waals surface area contributed by atoms with Crippen LogP contribution in [0.1, 0.15) is 17.5 Å². The molecule has 2 saturated carbocycles. The van der Waals surface area contributed by atoms with Crippen molar-refractivity contribution >= 4 is 52.6 Å². The Morgan fingerprint density at radius 2 is 1.67 bits per heavy atom. The molecular weight excluding hydrogens is 431 g/mol. The van der Waals surface area contributed by atoms with E-state index < -0.39 is 48.7 Å². The zero-order valence-corrected chi connectivity index (χ0v) is 18.1. The Balaban J connectivity index is 1.31. The largest absolute Gasteiger partial charge is 0.454 e. The third-order valence-electron chi connectivity index (χ3n) is 6.52. The van der Waals surface area contributed by atoms with Gasteiger partial charge in [0.05, 0.1) is 22.6 Å². The van der Waals surface area contributed by atoms with Gasteiger partial charge in [0.2, 0.25) is 11.8 Å². The number of hydrogen-bond donors (Lipinski definition) is 1. The quantitative estimate of drug-likeness (QED) is 0.420. The monoisotopic (exact) mass is 452 g/mol. The van der Waals surface area contributed by atoms with Gasteiger partial charge in [-0.1, -0.05) is 6.07 Å². The van der Waals surface area contributed by atoms with Crippen molar-refractivity contribution in [1.29, 1.82) is 0 Å². The van der Waals surface area contributed by atoms with Crippen molar-refractivity contribution in [2.24, 2.45) is 23.7 Å². The molecule has 30 heavy (non-hydrogen) atoms. The second kappa shape index (κ2) is 7.85. The Morgan fingerprint density at radius 1 is 1.07 bits per heavy atom. The van der Waals surface area contributed by atoms with Gasteiger partial charge in [-0.05, 0) is 55.4 Å². The lowest BCUT2D eigenvalue weighted by Crippen LogP contribution is -2.38. The fraction of sp³-hybridized carbons (Fsp3) is 0.524. The molecule has 1 N–H and O–H groups in total. The number of alkyl halides is 2. The van der Waals surface area contributed by atoms with E-state index in [0.717, 1.165) is 16.0 Å². The normalized spacial score (nSPS) is 31.8. The van der Waals surface area contributed by atoms with E-state index in [1.165, 1.54) is 0 Å². The van der Waals surface area contributed by atoms with E-state index in [9.17, 15) is 19.2 Å². The maximum Gasteiger partial charge on any atom is 0.326 e. The summed E-state index contributed by atoms with van der Waals surface area (Å²) in [5.41, 5.74) is 2.71. The summed E-state index contributed by atoms with van der Waals surface area (Å²) in [5.74, 6) is -3.44. The number of halogens is 2. The highest BCUT2D eigenvalue weighted by Crippen LogP contribution is 2.59. The maximum atomic E-state index is 12.7. The van der Waals surface area contributed by atoms with E-state index in [2.05, 4.69) is 5.32 Å². The van der Waals surface area contributed by atoms with Crippen LogP contribution in [0.15, 0.2) is 18.2 Å². The standard InChI is InChI=1S/C21H22Cl2N2O5/c1-9-3-4-11(5-10(9)2)24-14(26)8-30-15(27)7-25-20(28)16-12-6-13(17(16)21(25)29)19(23)18(12)22/h3-5,12-13,16-19H,6-8H2,1-2H3,(H,24,26)/t12-,13-,16-,17-,18+,19+/m1/s1. The number of benzene rings is 1. The van der Waals surface area contributed by atoms with Gasteiger partial charge in [0.25, 0.3) is 5.91 Å². The number of aryl methyl sites for hydroxylation is 2. The van der Waals surface area contributed by atoms with Crippen LogP contribution in [-0.2, 0) is 23.9 Å². The highest BCUT2D eigenvalue weighted by molar-refractivity contribution is 6.31. The molecule has 1 aliphatic heterocycles. The second-order valence-electron chi connectivity index (χ2n) is 8.27. The summed E-state index contributed by atoms with van der Waals surface area (Å²) in [7, 11) is 0. The number of nitrogens with one attached hydrogen (secondary N) is 1. The maximum absolute atomic E-state index is 12.7. The van der Waals surface area contributed by atoms with Crippen LogP contribution < -0.4 is 5.32 Å². The van der Waals surface area contributed by atoms with Gasteiger partial charge in [-0.15, -0.1) is 23.2 Å². The zero-order chi connectivity index (χ0) is 21.7. The molecule has 3 fully saturated rings. The first kappa shape index (κ1) is 21.1. The summed E-state index contributed by atoms with van der Waals surface area (Å²) in [5, 5.41) is 1.94. The minimum atomic E-state index is -0.816. The number of fused-ring (bicyclic) bond motifs is 5. The van der Waals surface area contributed by atoms with Crippen LogP contribution in [0.25, 0.3) is 0 Å². The number of esters is 1. The number of imide groups is 1. The second-order valence-corrected chi connectivity index (χ2v) is 9.28. The summed E-state index contributed by atoms with van der Waals surface area (Å²) in [6.07, 6.45) is 0.659.